The molecule has 94 valence electrons. The van der Waals surface area contributed by atoms with Gasteiger partial charge in [-0.2, -0.15) is 0 Å². The summed E-state index contributed by atoms with van der Waals surface area (Å²) in [5.41, 5.74) is 0.802. The molecular formula is C12H11Cl2N3O. The Bertz CT molecular complexity index is 575. The zero-order chi connectivity index (χ0) is 13.1. The number of hydrogen-bond acceptors (Lipinski definition) is 4. The van der Waals surface area contributed by atoms with E-state index in [0.717, 1.165) is 5.56 Å². The molecule has 0 fully saturated rings. The summed E-state index contributed by atoms with van der Waals surface area (Å²) in [6.45, 7) is 1.86. The van der Waals surface area contributed by atoms with Crippen molar-refractivity contribution < 1.29 is 4.74 Å². The molecule has 1 aromatic carbocycles. The molecule has 18 heavy (non-hydrogen) atoms. The highest BCUT2D eigenvalue weighted by Crippen LogP contribution is 2.35. The number of halogens is 2. The molecule has 0 amide bonds. The van der Waals surface area contributed by atoms with Crippen molar-refractivity contribution in [1.29, 1.82) is 0 Å². The van der Waals surface area contributed by atoms with Crippen molar-refractivity contribution in [2.24, 2.45) is 0 Å². The molecule has 0 radical (unpaired) electrons. The standard InChI is InChI=1S/C12H11Cl2N3O/c1-7-11(15-2)16-6-17-12(7)18-9-5-3-4-8(13)10(9)14/h3-6H,1-2H3,(H,15,16,17). The van der Waals surface area contributed by atoms with Crippen LogP contribution in [0.2, 0.25) is 10.0 Å². The number of anilines is 1. The maximum atomic E-state index is 6.05. The van der Waals surface area contributed by atoms with E-state index in [9.17, 15) is 0 Å². The number of nitrogens with one attached hydrogen (secondary N) is 1. The summed E-state index contributed by atoms with van der Waals surface area (Å²) in [5, 5.41) is 3.76. The van der Waals surface area contributed by atoms with E-state index >= 15 is 0 Å². The molecule has 0 unspecified atom stereocenters. The highest BCUT2D eigenvalue weighted by atomic mass is 35.5. The van der Waals surface area contributed by atoms with Gasteiger partial charge in [0.1, 0.15) is 22.9 Å². The van der Waals surface area contributed by atoms with E-state index in [1.165, 1.54) is 6.33 Å². The lowest BCUT2D eigenvalue weighted by atomic mass is 10.3. The van der Waals surface area contributed by atoms with Gasteiger partial charge in [0.2, 0.25) is 5.88 Å². The van der Waals surface area contributed by atoms with E-state index in [0.29, 0.717) is 27.5 Å². The first-order chi connectivity index (χ1) is 8.63. The van der Waals surface area contributed by atoms with Gasteiger partial charge in [-0.25, -0.2) is 9.97 Å². The van der Waals surface area contributed by atoms with Crippen LogP contribution in [0.3, 0.4) is 0 Å². The predicted octanol–water partition coefficient (Wildman–Crippen LogP) is 3.93. The van der Waals surface area contributed by atoms with E-state index < -0.39 is 0 Å². The quantitative estimate of drug-likeness (QED) is 0.927. The van der Waals surface area contributed by atoms with Crippen LogP contribution in [0.4, 0.5) is 5.82 Å². The maximum absolute atomic E-state index is 6.05. The van der Waals surface area contributed by atoms with Crippen molar-refractivity contribution in [1.82, 2.24) is 9.97 Å². The van der Waals surface area contributed by atoms with Gasteiger partial charge in [0, 0.05) is 7.05 Å². The van der Waals surface area contributed by atoms with Crippen LogP contribution < -0.4 is 10.1 Å². The lowest BCUT2D eigenvalue weighted by molar-refractivity contribution is 0.458. The predicted molar refractivity (Wildman–Crippen MR) is 72.9 cm³/mol. The minimum atomic E-state index is 0.364. The summed E-state index contributed by atoms with van der Waals surface area (Å²) < 4.78 is 5.66. The highest BCUT2D eigenvalue weighted by Gasteiger charge is 2.11. The average Bonchev–Trinajstić information content (AvgIpc) is 2.37. The van der Waals surface area contributed by atoms with E-state index in [-0.39, 0.29) is 0 Å². The van der Waals surface area contributed by atoms with Gasteiger partial charge >= 0.3 is 0 Å². The second-order valence-corrected chi connectivity index (χ2v) is 4.34. The van der Waals surface area contributed by atoms with Crippen LogP contribution >= 0.6 is 23.2 Å². The van der Waals surface area contributed by atoms with Gasteiger partial charge in [0.25, 0.3) is 0 Å². The van der Waals surface area contributed by atoms with E-state index in [1.54, 1.807) is 25.2 Å². The fourth-order valence-corrected chi connectivity index (χ4v) is 1.79. The van der Waals surface area contributed by atoms with Gasteiger partial charge in [-0.3, -0.25) is 0 Å². The van der Waals surface area contributed by atoms with Crippen LogP contribution in [0.15, 0.2) is 24.5 Å². The Balaban J connectivity index is 2.37. The number of nitrogens with zero attached hydrogens (tertiary/aromatic N) is 2. The van der Waals surface area contributed by atoms with E-state index in [2.05, 4.69) is 15.3 Å². The maximum Gasteiger partial charge on any atom is 0.227 e. The van der Waals surface area contributed by atoms with Gasteiger partial charge in [-0.15, -0.1) is 0 Å². The molecule has 1 N–H and O–H groups in total. The molecule has 0 saturated heterocycles. The monoisotopic (exact) mass is 283 g/mol. The second kappa shape index (κ2) is 5.42. The van der Waals surface area contributed by atoms with E-state index in [1.807, 2.05) is 6.92 Å². The van der Waals surface area contributed by atoms with Crippen LogP contribution in [0, 0.1) is 6.92 Å². The van der Waals surface area contributed by atoms with Gasteiger partial charge < -0.3 is 10.1 Å². The summed E-state index contributed by atoms with van der Waals surface area (Å²) in [4.78, 5) is 8.16. The zero-order valence-electron chi connectivity index (χ0n) is 9.87. The molecule has 0 spiro atoms. The molecule has 0 aliphatic rings. The van der Waals surface area contributed by atoms with Gasteiger partial charge in [0.15, 0.2) is 0 Å². The van der Waals surface area contributed by atoms with Crippen molar-refractivity contribution in [3.8, 4) is 11.6 Å². The molecule has 4 nitrogen and oxygen atoms in total. The Kier molecular flexibility index (Phi) is 3.89. The normalized spacial score (nSPS) is 10.2. The van der Waals surface area contributed by atoms with Crippen LogP contribution in [0.25, 0.3) is 0 Å². The van der Waals surface area contributed by atoms with Crippen molar-refractivity contribution in [3.63, 3.8) is 0 Å². The first kappa shape index (κ1) is 12.9. The Morgan fingerprint density at radius 3 is 2.72 bits per heavy atom. The van der Waals surface area contributed by atoms with Crippen molar-refractivity contribution in [3.05, 3.63) is 40.1 Å². The average molecular weight is 284 g/mol. The summed E-state index contributed by atoms with van der Waals surface area (Å²) >= 11 is 12.0. The third-order valence-electron chi connectivity index (χ3n) is 2.40. The topological polar surface area (TPSA) is 47.0 Å². The summed E-state index contributed by atoms with van der Waals surface area (Å²) in [6, 6.07) is 5.19. The summed E-state index contributed by atoms with van der Waals surface area (Å²) in [7, 11) is 1.78. The van der Waals surface area contributed by atoms with Crippen LogP contribution in [-0.2, 0) is 0 Å². The van der Waals surface area contributed by atoms with Crippen LogP contribution in [-0.4, -0.2) is 17.0 Å². The largest absolute Gasteiger partial charge is 0.437 e. The van der Waals surface area contributed by atoms with Gasteiger partial charge in [-0.1, -0.05) is 29.3 Å². The third-order valence-corrected chi connectivity index (χ3v) is 3.20. The molecule has 0 aliphatic carbocycles. The van der Waals surface area contributed by atoms with Crippen molar-refractivity contribution in [2.45, 2.75) is 6.92 Å². The second-order valence-electron chi connectivity index (χ2n) is 3.56. The molecule has 0 saturated carbocycles. The molecule has 2 aromatic rings. The SMILES string of the molecule is CNc1ncnc(Oc2cccc(Cl)c2Cl)c1C. The Labute approximate surface area is 115 Å². The molecular weight excluding hydrogens is 273 g/mol. The van der Waals surface area contributed by atoms with Crippen molar-refractivity contribution in [2.75, 3.05) is 12.4 Å². The molecule has 1 heterocycles. The molecule has 1 aromatic heterocycles. The number of benzene rings is 1. The molecule has 0 bridgehead atoms. The fraction of sp³-hybridized carbons (Fsp3) is 0.167. The minimum Gasteiger partial charge on any atom is -0.437 e. The molecule has 0 aliphatic heterocycles. The van der Waals surface area contributed by atoms with Crippen molar-refractivity contribution >= 4 is 29.0 Å². The molecule has 2 rings (SSSR count). The number of ether oxygens (including phenoxy) is 1. The van der Waals surface area contributed by atoms with Gasteiger partial charge in [0.05, 0.1) is 10.6 Å². The van der Waals surface area contributed by atoms with Crippen LogP contribution in [0.1, 0.15) is 5.56 Å². The molecule has 6 heteroatoms. The first-order valence-corrected chi connectivity index (χ1v) is 6.00. The minimum absolute atomic E-state index is 0.364. The van der Waals surface area contributed by atoms with E-state index in [4.69, 9.17) is 27.9 Å². The Morgan fingerprint density at radius 1 is 1.22 bits per heavy atom. The highest BCUT2D eigenvalue weighted by molar-refractivity contribution is 6.42. The first-order valence-electron chi connectivity index (χ1n) is 5.24. The Hall–Kier alpha value is -1.52. The number of hydrogen-bond donors (Lipinski definition) is 1. The lowest BCUT2D eigenvalue weighted by Gasteiger charge is -2.11. The molecule has 0 atom stereocenters. The smallest absolute Gasteiger partial charge is 0.227 e. The summed E-state index contributed by atoms with van der Waals surface area (Å²) in [6.07, 6.45) is 1.42. The summed E-state index contributed by atoms with van der Waals surface area (Å²) in [5.74, 6) is 1.62. The zero-order valence-corrected chi connectivity index (χ0v) is 11.4. The lowest BCUT2D eigenvalue weighted by Crippen LogP contribution is -2.00. The fourth-order valence-electron chi connectivity index (χ4n) is 1.46. The van der Waals surface area contributed by atoms with Crippen LogP contribution in [0.5, 0.6) is 11.6 Å². The third kappa shape index (κ3) is 2.49. The van der Waals surface area contributed by atoms with Gasteiger partial charge in [-0.05, 0) is 19.1 Å². The number of rotatable bonds is 3. The Morgan fingerprint density at radius 2 is 2.00 bits per heavy atom. The number of aromatic nitrogens is 2.